The second-order valence-electron chi connectivity index (χ2n) is 8.00. The summed E-state index contributed by atoms with van der Waals surface area (Å²) < 4.78 is 5.90. The van der Waals surface area contributed by atoms with E-state index in [4.69, 9.17) is 9.72 Å². The molecule has 0 saturated carbocycles. The van der Waals surface area contributed by atoms with Gasteiger partial charge in [0.1, 0.15) is 11.5 Å². The van der Waals surface area contributed by atoms with E-state index in [1.165, 1.54) is 25.7 Å². The highest BCUT2D eigenvalue weighted by Gasteiger charge is 2.21. The Morgan fingerprint density at radius 1 is 0.750 bits per heavy atom. The number of nitrogens with one attached hydrogen (secondary N) is 1. The minimum absolute atomic E-state index is 0.469. The Morgan fingerprint density at radius 2 is 1.38 bits per heavy atom. The average molecular weight is 430 g/mol. The number of ether oxygens (including phenoxy) is 1. The molecule has 2 aliphatic heterocycles. The molecule has 0 aliphatic carbocycles. The summed E-state index contributed by atoms with van der Waals surface area (Å²) in [6.07, 6.45) is 6.44. The molecule has 0 radical (unpaired) electrons. The number of hydrazone groups is 1. The summed E-state index contributed by atoms with van der Waals surface area (Å²) in [5.41, 5.74) is 3.92. The van der Waals surface area contributed by atoms with E-state index < -0.39 is 0 Å². The minimum Gasteiger partial charge on any atom is -0.457 e. The lowest BCUT2D eigenvalue weighted by molar-refractivity contribution is 0.482. The van der Waals surface area contributed by atoms with Crippen LogP contribution in [-0.2, 0) is 0 Å². The van der Waals surface area contributed by atoms with Gasteiger partial charge in [-0.15, -0.1) is 0 Å². The predicted molar refractivity (Wildman–Crippen MR) is 127 cm³/mol. The number of anilines is 3. The fourth-order valence-corrected chi connectivity index (χ4v) is 3.97. The first-order valence-corrected chi connectivity index (χ1v) is 11.2. The van der Waals surface area contributed by atoms with Crippen molar-refractivity contribution in [2.45, 2.75) is 25.7 Å². The van der Waals surface area contributed by atoms with Gasteiger partial charge in [-0.05, 0) is 55.5 Å². The number of hydrogen-bond donors (Lipinski definition) is 1. The Bertz CT molecular complexity index is 1030. The van der Waals surface area contributed by atoms with Crippen molar-refractivity contribution in [1.29, 1.82) is 0 Å². The van der Waals surface area contributed by atoms with Gasteiger partial charge in [0.05, 0.1) is 6.21 Å². The summed E-state index contributed by atoms with van der Waals surface area (Å²) in [4.78, 5) is 18.4. The van der Waals surface area contributed by atoms with Crippen LogP contribution in [0.3, 0.4) is 0 Å². The van der Waals surface area contributed by atoms with Crippen molar-refractivity contribution in [1.82, 2.24) is 15.0 Å². The summed E-state index contributed by atoms with van der Waals surface area (Å²) in [7, 11) is 0. The number of para-hydroxylation sites is 1. The lowest BCUT2D eigenvalue weighted by Crippen LogP contribution is -2.25. The molecular formula is C24H27N7O. The van der Waals surface area contributed by atoms with Gasteiger partial charge in [-0.25, -0.2) is 5.43 Å². The molecule has 32 heavy (non-hydrogen) atoms. The SMILES string of the molecule is C(=N\Nc1nc(N2CCCC2)nc(N2CCCC2)n1)/c1cccc(Oc2ccccc2)c1. The monoisotopic (exact) mass is 429 g/mol. The Labute approximate surface area is 188 Å². The maximum atomic E-state index is 5.90. The first-order valence-electron chi connectivity index (χ1n) is 11.2. The van der Waals surface area contributed by atoms with Crippen LogP contribution in [0.25, 0.3) is 0 Å². The molecule has 8 heteroatoms. The molecule has 0 bridgehead atoms. The Morgan fingerprint density at radius 3 is 2.03 bits per heavy atom. The summed E-state index contributed by atoms with van der Waals surface area (Å²) in [6.45, 7) is 3.95. The Kier molecular flexibility index (Phi) is 6.09. The highest BCUT2D eigenvalue weighted by atomic mass is 16.5. The van der Waals surface area contributed by atoms with Gasteiger partial charge < -0.3 is 14.5 Å². The molecule has 3 aromatic rings. The predicted octanol–water partition coefficient (Wildman–Crippen LogP) is 4.31. The van der Waals surface area contributed by atoms with E-state index in [0.717, 1.165) is 55.1 Å². The van der Waals surface area contributed by atoms with Crippen molar-refractivity contribution in [3.8, 4) is 11.5 Å². The highest BCUT2D eigenvalue weighted by molar-refractivity contribution is 5.80. The van der Waals surface area contributed by atoms with Crippen LogP contribution in [0.1, 0.15) is 31.2 Å². The molecule has 0 spiro atoms. The lowest BCUT2D eigenvalue weighted by atomic mass is 10.2. The van der Waals surface area contributed by atoms with Gasteiger partial charge in [0.15, 0.2) is 0 Å². The molecule has 2 aliphatic rings. The minimum atomic E-state index is 0.469. The van der Waals surface area contributed by atoms with E-state index in [1.54, 1.807) is 6.21 Å². The van der Waals surface area contributed by atoms with Crippen LogP contribution in [0.15, 0.2) is 59.7 Å². The maximum Gasteiger partial charge on any atom is 0.250 e. The fourth-order valence-electron chi connectivity index (χ4n) is 3.97. The van der Waals surface area contributed by atoms with Gasteiger partial charge in [0.2, 0.25) is 17.8 Å². The fraction of sp³-hybridized carbons (Fsp3) is 0.333. The molecule has 164 valence electrons. The zero-order valence-corrected chi connectivity index (χ0v) is 18.0. The van der Waals surface area contributed by atoms with Gasteiger partial charge in [0.25, 0.3) is 0 Å². The number of benzene rings is 2. The van der Waals surface area contributed by atoms with Crippen LogP contribution >= 0.6 is 0 Å². The third-order valence-corrected chi connectivity index (χ3v) is 5.60. The number of nitrogens with zero attached hydrogens (tertiary/aromatic N) is 6. The van der Waals surface area contributed by atoms with Crippen LogP contribution in [0.4, 0.5) is 17.8 Å². The van der Waals surface area contributed by atoms with Gasteiger partial charge in [-0.1, -0.05) is 30.3 Å². The molecular weight excluding hydrogens is 402 g/mol. The number of rotatable bonds is 7. The molecule has 1 N–H and O–H groups in total. The summed E-state index contributed by atoms with van der Waals surface area (Å²) >= 11 is 0. The van der Waals surface area contributed by atoms with Crippen LogP contribution in [0.5, 0.6) is 11.5 Å². The molecule has 0 unspecified atom stereocenters. The number of hydrogen-bond acceptors (Lipinski definition) is 8. The zero-order chi connectivity index (χ0) is 21.6. The van der Waals surface area contributed by atoms with Gasteiger partial charge in [0, 0.05) is 26.2 Å². The van der Waals surface area contributed by atoms with Crippen LogP contribution in [0.2, 0.25) is 0 Å². The molecule has 5 rings (SSSR count). The third-order valence-electron chi connectivity index (χ3n) is 5.60. The van der Waals surface area contributed by atoms with Crippen molar-refractivity contribution in [3.63, 3.8) is 0 Å². The third kappa shape index (κ3) is 4.96. The second-order valence-corrected chi connectivity index (χ2v) is 8.00. The molecule has 0 amide bonds. The zero-order valence-electron chi connectivity index (χ0n) is 18.0. The van der Waals surface area contributed by atoms with E-state index in [2.05, 4.69) is 30.3 Å². The molecule has 2 fully saturated rings. The van der Waals surface area contributed by atoms with Gasteiger partial charge in [-0.2, -0.15) is 20.1 Å². The Hall–Kier alpha value is -3.68. The average Bonchev–Trinajstić information content (AvgIpc) is 3.55. The van der Waals surface area contributed by atoms with Crippen molar-refractivity contribution >= 4 is 24.1 Å². The molecule has 1 aromatic heterocycles. The van der Waals surface area contributed by atoms with E-state index in [-0.39, 0.29) is 0 Å². The van der Waals surface area contributed by atoms with Crippen molar-refractivity contribution in [2.75, 3.05) is 41.4 Å². The molecule has 8 nitrogen and oxygen atoms in total. The maximum absolute atomic E-state index is 5.90. The van der Waals surface area contributed by atoms with Crippen molar-refractivity contribution < 1.29 is 4.74 Å². The summed E-state index contributed by atoms with van der Waals surface area (Å²) in [6, 6.07) is 17.5. The normalized spacial score (nSPS) is 16.1. The second kappa shape index (κ2) is 9.64. The standard InChI is InChI=1S/C24H27N7O/c1-2-10-20(11-3-1)32-21-12-8-9-19(17-21)18-25-29-22-26-23(30-13-4-5-14-30)28-24(27-22)31-15-6-7-16-31/h1-3,8-12,17-18H,4-7,13-16H2,(H,26,27,28,29)/b25-18+. The summed E-state index contributed by atoms with van der Waals surface area (Å²) in [5.74, 6) is 3.49. The highest BCUT2D eigenvalue weighted by Crippen LogP contribution is 2.23. The van der Waals surface area contributed by atoms with Crippen molar-refractivity contribution in [3.05, 3.63) is 60.2 Å². The first kappa shape index (κ1) is 20.2. The van der Waals surface area contributed by atoms with Crippen LogP contribution in [0, 0.1) is 0 Å². The van der Waals surface area contributed by atoms with Gasteiger partial charge in [-0.3, -0.25) is 0 Å². The molecule has 3 heterocycles. The van der Waals surface area contributed by atoms with Crippen LogP contribution in [-0.4, -0.2) is 47.3 Å². The topological polar surface area (TPSA) is 78.8 Å². The van der Waals surface area contributed by atoms with Crippen molar-refractivity contribution in [2.24, 2.45) is 5.10 Å². The lowest BCUT2D eigenvalue weighted by Gasteiger charge is -2.20. The molecule has 2 saturated heterocycles. The quantitative estimate of drug-likeness (QED) is 0.443. The molecule has 0 atom stereocenters. The van der Waals surface area contributed by atoms with E-state index >= 15 is 0 Å². The largest absolute Gasteiger partial charge is 0.457 e. The molecule has 2 aromatic carbocycles. The van der Waals surface area contributed by atoms with E-state index in [1.807, 2.05) is 54.6 Å². The van der Waals surface area contributed by atoms with E-state index in [0.29, 0.717) is 5.95 Å². The Balaban J connectivity index is 1.31. The smallest absolute Gasteiger partial charge is 0.250 e. The number of aromatic nitrogens is 3. The van der Waals surface area contributed by atoms with Gasteiger partial charge >= 0.3 is 0 Å². The van der Waals surface area contributed by atoms with Crippen LogP contribution < -0.4 is 20.0 Å². The summed E-state index contributed by atoms with van der Waals surface area (Å²) in [5, 5.41) is 4.38. The first-order chi connectivity index (χ1) is 15.8. The van der Waals surface area contributed by atoms with E-state index in [9.17, 15) is 0 Å².